The average Bonchev–Trinajstić information content (AvgIpc) is 2.43. The Hall–Kier alpha value is -1.36. The van der Waals surface area contributed by atoms with Gasteiger partial charge in [0.25, 0.3) is 0 Å². The topological polar surface area (TPSA) is 58.6 Å². The van der Waals surface area contributed by atoms with Gasteiger partial charge in [-0.15, -0.1) is 0 Å². The van der Waals surface area contributed by atoms with Crippen molar-refractivity contribution in [3.8, 4) is 0 Å². The van der Waals surface area contributed by atoms with Crippen molar-refractivity contribution in [3.63, 3.8) is 0 Å². The Kier molecular flexibility index (Phi) is 4.81. The van der Waals surface area contributed by atoms with E-state index in [1.165, 1.54) is 11.8 Å². The van der Waals surface area contributed by atoms with Crippen LogP contribution < -0.4 is 5.73 Å². The molecule has 20 heavy (non-hydrogen) atoms. The van der Waals surface area contributed by atoms with Crippen molar-refractivity contribution in [3.05, 3.63) is 57.6 Å². The van der Waals surface area contributed by atoms with E-state index in [4.69, 9.17) is 34.1 Å². The molecule has 0 unspecified atom stereocenters. The number of nitrogens with zero attached hydrogens (tertiary/aromatic N) is 1. The molecule has 0 bridgehead atoms. The van der Waals surface area contributed by atoms with Crippen LogP contribution >= 0.6 is 35.0 Å². The highest BCUT2D eigenvalue weighted by Crippen LogP contribution is 2.36. The standard InChI is InChI=1S/C14H12Cl2N2OS/c1-8-2-5-12(10(6-8)14(17)18-19)20-13-7-9(15)3-4-11(13)16/h2-7,19H,1H3,(H2,17,18). The third kappa shape index (κ3) is 3.39. The molecular weight excluding hydrogens is 315 g/mol. The number of oxime groups is 1. The van der Waals surface area contributed by atoms with Gasteiger partial charge in [0.2, 0.25) is 0 Å². The van der Waals surface area contributed by atoms with Crippen molar-refractivity contribution in [2.75, 3.05) is 0 Å². The summed E-state index contributed by atoms with van der Waals surface area (Å²) < 4.78 is 0. The molecule has 0 spiro atoms. The molecule has 0 radical (unpaired) electrons. The monoisotopic (exact) mass is 326 g/mol. The van der Waals surface area contributed by atoms with E-state index < -0.39 is 0 Å². The van der Waals surface area contributed by atoms with E-state index in [2.05, 4.69) is 5.16 Å². The molecule has 0 atom stereocenters. The summed E-state index contributed by atoms with van der Waals surface area (Å²) in [5.41, 5.74) is 7.40. The number of aryl methyl sites for hydroxylation is 1. The Morgan fingerprint density at radius 2 is 1.90 bits per heavy atom. The second-order valence-corrected chi connectivity index (χ2v) is 6.09. The number of amidine groups is 1. The van der Waals surface area contributed by atoms with Crippen LogP contribution in [0.4, 0.5) is 0 Å². The molecule has 104 valence electrons. The molecule has 2 rings (SSSR count). The van der Waals surface area contributed by atoms with Crippen molar-refractivity contribution in [1.82, 2.24) is 0 Å². The van der Waals surface area contributed by atoms with Gasteiger partial charge in [0.05, 0.1) is 5.02 Å². The minimum absolute atomic E-state index is 0.0642. The van der Waals surface area contributed by atoms with Crippen LogP contribution in [0.15, 0.2) is 51.3 Å². The lowest BCUT2D eigenvalue weighted by molar-refractivity contribution is 0.318. The van der Waals surface area contributed by atoms with Crippen molar-refractivity contribution in [2.24, 2.45) is 10.9 Å². The lowest BCUT2D eigenvalue weighted by Crippen LogP contribution is -2.14. The zero-order valence-electron chi connectivity index (χ0n) is 10.6. The minimum atomic E-state index is 0.0642. The van der Waals surface area contributed by atoms with Crippen molar-refractivity contribution >= 4 is 40.8 Å². The van der Waals surface area contributed by atoms with Gasteiger partial charge in [0.15, 0.2) is 5.84 Å². The Morgan fingerprint density at radius 1 is 1.15 bits per heavy atom. The number of hydrogen-bond donors (Lipinski definition) is 2. The minimum Gasteiger partial charge on any atom is -0.409 e. The van der Waals surface area contributed by atoms with E-state index in [9.17, 15) is 0 Å². The number of nitrogens with two attached hydrogens (primary N) is 1. The van der Waals surface area contributed by atoms with Crippen LogP contribution in [0.1, 0.15) is 11.1 Å². The van der Waals surface area contributed by atoms with Crippen LogP contribution in [0, 0.1) is 6.92 Å². The fourth-order valence-electron chi connectivity index (χ4n) is 1.66. The fraction of sp³-hybridized carbons (Fsp3) is 0.0714. The molecule has 0 aliphatic heterocycles. The fourth-order valence-corrected chi connectivity index (χ4v) is 3.13. The van der Waals surface area contributed by atoms with E-state index in [0.717, 1.165) is 15.4 Å². The molecule has 0 amide bonds. The normalized spacial score (nSPS) is 11.7. The number of hydrogen-bond acceptors (Lipinski definition) is 3. The summed E-state index contributed by atoms with van der Waals surface area (Å²) in [6.45, 7) is 1.94. The van der Waals surface area contributed by atoms with E-state index in [0.29, 0.717) is 15.6 Å². The molecule has 3 nitrogen and oxygen atoms in total. The molecule has 0 aliphatic rings. The van der Waals surface area contributed by atoms with Crippen LogP contribution in [0.3, 0.4) is 0 Å². The first kappa shape index (κ1) is 15.0. The molecule has 0 aromatic heterocycles. The Morgan fingerprint density at radius 3 is 2.60 bits per heavy atom. The van der Waals surface area contributed by atoms with Gasteiger partial charge in [-0.25, -0.2) is 0 Å². The van der Waals surface area contributed by atoms with Gasteiger partial charge in [0.1, 0.15) is 0 Å². The third-order valence-corrected chi connectivity index (χ3v) is 4.44. The van der Waals surface area contributed by atoms with Crippen molar-refractivity contribution < 1.29 is 5.21 Å². The second kappa shape index (κ2) is 6.39. The lowest BCUT2D eigenvalue weighted by Gasteiger charge is -2.10. The Balaban J connectivity index is 2.46. The van der Waals surface area contributed by atoms with Crippen LogP contribution in [-0.4, -0.2) is 11.0 Å². The summed E-state index contributed by atoms with van der Waals surface area (Å²) in [5, 5.41) is 13.1. The van der Waals surface area contributed by atoms with Gasteiger partial charge in [-0.3, -0.25) is 0 Å². The molecule has 0 saturated carbocycles. The molecule has 3 N–H and O–H groups in total. The van der Waals surface area contributed by atoms with E-state index >= 15 is 0 Å². The highest BCUT2D eigenvalue weighted by atomic mass is 35.5. The molecule has 0 heterocycles. The molecule has 0 saturated heterocycles. The molecule has 2 aromatic carbocycles. The SMILES string of the molecule is Cc1ccc(Sc2cc(Cl)ccc2Cl)c(/C(N)=N/O)c1. The van der Waals surface area contributed by atoms with Crippen molar-refractivity contribution in [1.29, 1.82) is 0 Å². The van der Waals surface area contributed by atoms with Gasteiger partial charge < -0.3 is 10.9 Å². The average molecular weight is 327 g/mol. The summed E-state index contributed by atoms with van der Waals surface area (Å²) >= 11 is 13.5. The number of benzene rings is 2. The zero-order valence-corrected chi connectivity index (χ0v) is 12.9. The van der Waals surface area contributed by atoms with Gasteiger partial charge in [-0.2, -0.15) is 0 Å². The Bertz CT molecular complexity index is 674. The van der Waals surface area contributed by atoms with E-state index in [1.807, 2.05) is 25.1 Å². The highest BCUT2D eigenvalue weighted by molar-refractivity contribution is 7.99. The van der Waals surface area contributed by atoms with Crippen LogP contribution in [0.25, 0.3) is 0 Å². The molecule has 6 heteroatoms. The zero-order chi connectivity index (χ0) is 14.7. The van der Waals surface area contributed by atoms with Gasteiger partial charge in [0, 0.05) is 20.4 Å². The molecular formula is C14H12Cl2N2OS. The third-order valence-electron chi connectivity index (χ3n) is 2.63. The lowest BCUT2D eigenvalue weighted by atomic mass is 10.1. The summed E-state index contributed by atoms with van der Waals surface area (Å²) in [5.74, 6) is 0.0642. The highest BCUT2D eigenvalue weighted by Gasteiger charge is 2.11. The van der Waals surface area contributed by atoms with Crippen molar-refractivity contribution in [2.45, 2.75) is 16.7 Å². The predicted octanol–water partition coefficient (Wildman–Crippen LogP) is 4.55. The molecule has 0 fully saturated rings. The smallest absolute Gasteiger partial charge is 0.171 e. The molecule has 2 aromatic rings. The van der Waals surface area contributed by atoms with E-state index in [-0.39, 0.29) is 5.84 Å². The molecule has 0 aliphatic carbocycles. The van der Waals surface area contributed by atoms with Crippen LogP contribution in [-0.2, 0) is 0 Å². The van der Waals surface area contributed by atoms with Gasteiger partial charge in [-0.05, 0) is 37.3 Å². The number of rotatable bonds is 3. The van der Waals surface area contributed by atoms with Gasteiger partial charge >= 0.3 is 0 Å². The summed E-state index contributed by atoms with van der Waals surface area (Å²) in [6, 6.07) is 11.0. The maximum atomic E-state index is 8.87. The summed E-state index contributed by atoms with van der Waals surface area (Å²) in [7, 11) is 0. The Labute approximate surface area is 131 Å². The first-order valence-corrected chi connectivity index (χ1v) is 7.30. The maximum absolute atomic E-state index is 8.87. The first-order chi connectivity index (χ1) is 9.51. The maximum Gasteiger partial charge on any atom is 0.171 e. The quantitative estimate of drug-likeness (QED) is 0.376. The van der Waals surface area contributed by atoms with Crippen LogP contribution in [0.2, 0.25) is 10.0 Å². The second-order valence-electron chi connectivity index (χ2n) is 4.16. The first-order valence-electron chi connectivity index (χ1n) is 5.72. The predicted molar refractivity (Wildman–Crippen MR) is 84.3 cm³/mol. The summed E-state index contributed by atoms with van der Waals surface area (Å²) in [4.78, 5) is 1.66. The largest absolute Gasteiger partial charge is 0.409 e. The number of halogens is 2. The van der Waals surface area contributed by atoms with Crippen LogP contribution in [0.5, 0.6) is 0 Å². The summed E-state index contributed by atoms with van der Waals surface area (Å²) in [6.07, 6.45) is 0. The van der Waals surface area contributed by atoms with E-state index in [1.54, 1.807) is 18.2 Å². The van der Waals surface area contributed by atoms with Gasteiger partial charge in [-0.1, -0.05) is 51.7 Å².